The Morgan fingerprint density at radius 1 is 1.20 bits per heavy atom. The van der Waals surface area contributed by atoms with Crippen LogP contribution in [0.15, 0.2) is 38.8 Å². The van der Waals surface area contributed by atoms with Crippen molar-refractivity contribution in [1.82, 2.24) is 0 Å². The molecule has 0 saturated carbocycles. The highest BCUT2D eigenvalue weighted by Gasteiger charge is 2.07. The molecule has 1 heterocycles. The summed E-state index contributed by atoms with van der Waals surface area (Å²) < 4.78 is 1.18. The van der Waals surface area contributed by atoms with Gasteiger partial charge in [-0.2, -0.15) is 0 Å². The number of anilines is 1. The fourth-order valence-corrected chi connectivity index (χ4v) is 3.26. The number of halogens is 2. The molecule has 0 unspecified atom stereocenters. The first-order chi connectivity index (χ1) is 7.16. The van der Waals surface area contributed by atoms with Crippen LogP contribution in [0.2, 0.25) is 10.0 Å². The molecular formula is C10H7Cl2NS2. The van der Waals surface area contributed by atoms with Crippen molar-refractivity contribution in [2.75, 3.05) is 5.73 Å². The standard InChI is InChI=1S/C10H7Cl2NS2/c11-6-4-8(13)9(5-7(6)12)15-10-2-1-3-14-10/h1-5H,13H2. The van der Waals surface area contributed by atoms with Gasteiger partial charge in [-0.3, -0.25) is 0 Å². The van der Waals surface area contributed by atoms with E-state index in [4.69, 9.17) is 28.9 Å². The SMILES string of the molecule is Nc1cc(Cl)c(Cl)cc1Sc1cccs1. The van der Waals surface area contributed by atoms with E-state index >= 15 is 0 Å². The van der Waals surface area contributed by atoms with Gasteiger partial charge in [0.2, 0.25) is 0 Å². The first kappa shape index (κ1) is 11.1. The van der Waals surface area contributed by atoms with Crippen LogP contribution in [0.1, 0.15) is 0 Å². The van der Waals surface area contributed by atoms with E-state index in [0.29, 0.717) is 15.7 Å². The summed E-state index contributed by atoms with van der Waals surface area (Å²) in [6.45, 7) is 0. The fourth-order valence-electron chi connectivity index (χ4n) is 1.06. The van der Waals surface area contributed by atoms with E-state index < -0.39 is 0 Å². The van der Waals surface area contributed by atoms with E-state index in [-0.39, 0.29) is 0 Å². The summed E-state index contributed by atoms with van der Waals surface area (Å²) in [4.78, 5) is 0.937. The number of nitrogen functional groups attached to an aromatic ring is 1. The molecule has 2 N–H and O–H groups in total. The molecule has 0 bridgehead atoms. The minimum atomic E-state index is 0.490. The maximum atomic E-state index is 5.93. The van der Waals surface area contributed by atoms with Gasteiger partial charge in [0.15, 0.2) is 0 Å². The third kappa shape index (κ3) is 2.61. The zero-order valence-corrected chi connectivity index (χ0v) is 10.7. The highest BCUT2D eigenvalue weighted by atomic mass is 35.5. The Balaban J connectivity index is 2.33. The molecule has 5 heteroatoms. The lowest BCUT2D eigenvalue weighted by Crippen LogP contribution is -1.88. The van der Waals surface area contributed by atoms with Crippen LogP contribution in [0, 0.1) is 0 Å². The second kappa shape index (κ2) is 4.66. The van der Waals surface area contributed by atoms with E-state index in [1.54, 1.807) is 35.2 Å². The van der Waals surface area contributed by atoms with Crippen LogP contribution in [0.5, 0.6) is 0 Å². The summed E-state index contributed by atoms with van der Waals surface area (Å²) in [5, 5.41) is 3.05. The third-order valence-corrected chi connectivity index (χ3v) is 4.59. The predicted octanol–water partition coefficient (Wildman–Crippen LogP) is 4.79. The van der Waals surface area contributed by atoms with E-state index in [9.17, 15) is 0 Å². The van der Waals surface area contributed by atoms with Crippen molar-refractivity contribution >= 4 is 52.0 Å². The summed E-state index contributed by atoms with van der Waals surface area (Å²) in [6, 6.07) is 7.52. The molecule has 0 saturated heterocycles. The topological polar surface area (TPSA) is 26.0 Å². The molecule has 0 fully saturated rings. The lowest BCUT2D eigenvalue weighted by molar-refractivity contribution is 1.45. The highest BCUT2D eigenvalue weighted by molar-refractivity contribution is 8.01. The van der Waals surface area contributed by atoms with Gasteiger partial charge in [-0.05, 0) is 23.6 Å². The molecular weight excluding hydrogens is 269 g/mol. The van der Waals surface area contributed by atoms with Crippen molar-refractivity contribution in [2.24, 2.45) is 0 Å². The van der Waals surface area contributed by atoms with Gasteiger partial charge in [-0.1, -0.05) is 41.0 Å². The number of nitrogens with two attached hydrogens (primary N) is 1. The van der Waals surface area contributed by atoms with Gasteiger partial charge >= 0.3 is 0 Å². The Hall–Kier alpha value is -0.350. The number of hydrogen-bond acceptors (Lipinski definition) is 3. The van der Waals surface area contributed by atoms with Gasteiger partial charge in [0.25, 0.3) is 0 Å². The van der Waals surface area contributed by atoms with Crippen molar-refractivity contribution in [3.63, 3.8) is 0 Å². The summed E-state index contributed by atoms with van der Waals surface area (Å²) >= 11 is 15.0. The van der Waals surface area contributed by atoms with Crippen LogP contribution in [0.4, 0.5) is 5.69 Å². The monoisotopic (exact) mass is 275 g/mol. The maximum absolute atomic E-state index is 5.93. The smallest absolute Gasteiger partial charge is 0.0647 e. The maximum Gasteiger partial charge on any atom is 0.0647 e. The van der Waals surface area contributed by atoms with Crippen LogP contribution < -0.4 is 5.73 Å². The zero-order valence-electron chi connectivity index (χ0n) is 7.54. The molecule has 0 atom stereocenters. The van der Waals surface area contributed by atoms with Gasteiger partial charge in [0.1, 0.15) is 0 Å². The molecule has 2 aromatic rings. The predicted molar refractivity (Wildman–Crippen MR) is 69.3 cm³/mol. The number of thiophene rings is 1. The average Bonchev–Trinajstić information content (AvgIpc) is 2.67. The van der Waals surface area contributed by atoms with Crippen LogP contribution in [-0.4, -0.2) is 0 Å². The minimum Gasteiger partial charge on any atom is -0.398 e. The Labute approximate surface area is 106 Å². The van der Waals surface area contributed by atoms with Crippen molar-refractivity contribution in [1.29, 1.82) is 0 Å². The van der Waals surface area contributed by atoms with Crippen LogP contribution in [0.25, 0.3) is 0 Å². The van der Waals surface area contributed by atoms with Gasteiger partial charge in [0, 0.05) is 10.6 Å². The molecule has 1 aromatic heterocycles. The van der Waals surface area contributed by atoms with Crippen molar-refractivity contribution in [3.8, 4) is 0 Å². The molecule has 1 aromatic carbocycles. The van der Waals surface area contributed by atoms with Gasteiger partial charge in [-0.25, -0.2) is 0 Å². The molecule has 0 radical (unpaired) electrons. The van der Waals surface area contributed by atoms with Crippen LogP contribution in [0.3, 0.4) is 0 Å². The Morgan fingerprint density at radius 3 is 2.60 bits per heavy atom. The van der Waals surface area contributed by atoms with Crippen LogP contribution in [-0.2, 0) is 0 Å². The number of rotatable bonds is 2. The number of benzene rings is 1. The minimum absolute atomic E-state index is 0.490. The lowest BCUT2D eigenvalue weighted by atomic mass is 10.3. The molecule has 15 heavy (non-hydrogen) atoms. The third-order valence-electron chi connectivity index (χ3n) is 1.76. The Kier molecular flexibility index (Phi) is 3.46. The quantitative estimate of drug-likeness (QED) is 0.798. The summed E-state index contributed by atoms with van der Waals surface area (Å²) in [6.07, 6.45) is 0. The fraction of sp³-hybridized carbons (Fsp3) is 0. The molecule has 0 aliphatic rings. The van der Waals surface area contributed by atoms with E-state index in [1.165, 1.54) is 4.21 Å². The first-order valence-corrected chi connectivity index (χ1v) is 6.58. The van der Waals surface area contributed by atoms with Crippen LogP contribution >= 0.6 is 46.3 Å². The Bertz CT molecular complexity index is 469. The van der Waals surface area contributed by atoms with Crippen molar-refractivity contribution in [3.05, 3.63) is 39.7 Å². The normalized spacial score (nSPS) is 10.5. The lowest BCUT2D eigenvalue weighted by Gasteiger charge is -2.05. The molecule has 2 rings (SSSR count). The molecule has 1 nitrogen and oxygen atoms in total. The largest absolute Gasteiger partial charge is 0.398 e. The van der Waals surface area contributed by atoms with Crippen molar-refractivity contribution in [2.45, 2.75) is 9.10 Å². The number of hydrogen-bond donors (Lipinski definition) is 1. The highest BCUT2D eigenvalue weighted by Crippen LogP contribution is 2.38. The van der Waals surface area contributed by atoms with Gasteiger partial charge in [-0.15, -0.1) is 11.3 Å². The average molecular weight is 276 g/mol. The summed E-state index contributed by atoms with van der Waals surface area (Å²) in [7, 11) is 0. The molecule has 0 aliphatic heterocycles. The second-order valence-electron chi connectivity index (χ2n) is 2.84. The molecule has 0 amide bonds. The van der Waals surface area contributed by atoms with E-state index in [2.05, 4.69) is 0 Å². The summed E-state index contributed by atoms with van der Waals surface area (Å²) in [5.41, 5.74) is 6.50. The van der Waals surface area contributed by atoms with Gasteiger partial charge in [0.05, 0.1) is 14.3 Å². The first-order valence-electron chi connectivity index (χ1n) is 4.12. The van der Waals surface area contributed by atoms with Gasteiger partial charge < -0.3 is 5.73 Å². The summed E-state index contributed by atoms with van der Waals surface area (Å²) in [5.74, 6) is 0. The van der Waals surface area contributed by atoms with E-state index in [1.807, 2.05) is 17.5 Å². The Morgan fingerprint density at radius 2 is 1.93 bits per heavy atom. The molecule has 0 aliphatic carbocycles. The van der Waals surface area contributed by atoms with Crippen molar-refractivity contribution < 1.29 is 0 Å². The zero-order chi connectivity index (χ0) is 10.8. The van der Waals surface area contributed by atoms with E-state index in [0.717, 1.165) is 4.90 Å². The second-order valence-corrected chi connectivity index (χ2v) is 5.94. The molecule has 78 valence electrons. The molecule has 0 spiro atoms.